The normalized spacial score (nSPS) is 22.8. The van der Waals surface area contributed by atoms with E-state index in [0.717, 1.165) is 12.8 Å². The maximum atomic E-state index is 12.1. The Morgan fingerprint density at radius 3 is 2.41 bits per heavy atom. The van der Waals surface area contributed by atoms with Gasteiger partial charge in [0.1, 0.15) is 6.08 Å². The van der Waals surface area contributed by atoms with Gasteiger partial charge in [-0.25, -0.2) is 0 Å². The van der Waals surface area contributed by atoms with Crippen LogP contribution in [0.25, 0.3) is 0 Å². The lowest BCUT2D eigenvalue weighted by Crippen LogP contribution is -2.37. The maximum Gasteiger partial charge on any atom is 0.146 e. The van der Waals surface area contributed by atoms with Gasteiger partial charge in [-0.15, -0.1) is 0 Å². The van der Waals surface area contributed by atoms with Crippen LogP contribution in [0.1, 0.15) is 103 Å². The number of unbranched alkanes of at least 4 members (excludes halogenated alkanes) is 5. The molecule has 0 spiro atoms. The molecule has 0 radical (unpaired) electrons. The van der Waals surface area contributed by atoms with Gasteiger partial charge in [0.2, 0.25) is 0 Å². The Hall–Kier alpha value is -1.55. The molecule has 2 atom stereocenters. The smallest absolute Gasteiger partial charge is 0.146 e. The van der Waals surface area contributed by atoms with Crippen LogP contribution in [0.4, 0.5) is 0 Å². The Balaban J connectivity index is 1.89. The molecule has 0 saturated heterocycles. The Kier molecular flexibility index (Phi) is 9.01. The van der Waals surface area contributed by atoms with Crippen LogP contribution in [0.3, 0.4) is 0 Å². The zero-order chi connectivity index (χ0) is 21.3. The van der Waals surface area contributed by atoms with Gasteiger partial charge in [0.15, 0.2) is 0 Å². The molecule has 4 nitrogen and oxygen atoms in total. The molecule has 1 saturated carbocycles. The van der Waals surface area contributed by atoms with Crippen molar-refractivity contribution in [3.8, 4) is 0 Å². The topological polar surface area (TPSA) is 64.9 Å². The highest BCUT2D eigenvalue weighted by Crippen LogP contribution is 2.43. The zero-order valence-electron chi connectivity index (χ0n) is 18.9. The highest BCUT2D eigenvalue weighted by atomic mass is 16.6. The molecule has 2 rings (SSSR count). The van der Waals surface area contributed by atoms with Gasteiger partial charge in [-0.3, -0.25) is 4.99 Å². The fraction of sp³-hybridized carbons (Fsp3) is 0.720. The fourth-order valence-electron chi connectivity index (χ4n) is 4.22. The van der Waals surface area contributed by atoms with E-state index in [1.165, 1.54) is 49.7 Å². The Labute approximate surface area is 177 Å². The number of hydrogen-bond acceptors (Lipinski definition) is 4. The monoisotopic (exact) mass is 402 g/mol. The molecular weight excluding hydrogens is 362 g/mol. The number of ether oxygens (including phenoxy) is 1. The van der Waals surface area contributed by atoms with Crippen molar-refractivity contribution < 1.29 is 14.9 Å². The molecule has 1 fully saturated rings. The zero-order valence-corrected chi connectivity index (χ0v) is 18.9. The van der Waals surface area contributed by atoms with Crippen LogP contribution < -0.4 is 5.11 Å². The molecule has 1 aromatic carbocycles. The van der Waals surface area contributed by atoms with Gasteiger partial charge in [-0.1, -0.05) is 84.1 Å². The second kappa shape index (κ2) is 11.0. The van der Waals surface area contributed by atoms with Gasteiger partial charge in [0, 0.05) is 5.60 Å². The van der Waals surface area contributed by atoms with E-state index >= 15 is 0 Å². The molecule has 1 aliphatic carbocycles. The summed E-state index contributed by atoms with van der Waals surface area (Å²) in [5.74, 6) is 0.330. The van der Waals surface area contributed by atoms with E-state index in [-0.39, 0.29) is 6.61 Å². The maximum absolute atomic E-state index is 12.1. The number of nitrogens with zero attached hydrogens (tertiary/aromatic N) is 1. The standard InChI is InChI=1S/C25H41NO3/c1-5-6-7-8-9-10-11-20-12-14-21(15-13-20)22-16-17-25(18-22,19-27)26-23(28)29-24(2,3)4/h12-15,22,27H,5-11,16-19H2,1-4H3,(H,26,28)/p-1/t22-,25+/m0/s1. The third-order valence-corrected chi connectivity index (χ3v) is 5.87. The number of aliphatic hydroxyl groups is 1. The van der Waals surface area contributed by atoms with Crippen LogP contribution >= 0.6 is 0 Å². The molecule has 29 heavy (non-hydrogen) atoms. The quantitative estimate of drug-likeness (QED) is 0.336. The van der Waals surface area contributed by atoms with Crippen molar-refractivity contribution in [2.24, 2.45) is 4.99 Å². The van der Waals surface area contributed by atoms with Crippen LogP contribution in [-0.4, -0.2) is 28.9 Å². The average molecular weight is 403 g/mol. The molecular formula is C25H40NO3-. The number of rotatable bonds is 10. The molecule has 1 N–H and O–H groups in total. The van der Waals surface area contributed by atoms with Crippen LogP contribution in [0, 0.1) is 0 Å². The predicted molar refractivity (Wildman–Crippen MR) is 118 cm³/mol. The molecule has 0 unspecified atom stereocenters. The summed E-state index contributed by atoms with van der Waals surface area (Å²) in [6.45, 7) is 7.63. The Morgan fingerprint density at radius 2 is 1.79 bits per heavy atom. The number of aryl methyl sites for hydroxylation is 1. The first kappa shape index (κ1) is 23.7. The second-order valence-electron chi connectivity index (χ2n) is 9.67. The van der Waals surface area contributed by atoms with Crippen LogP contribution in [-0.2, 0) is 11.2 Å². The van der Waals surface area contributed by atoms with Crippen LogP contribution in [0.5, 0.6) is 0 Å². The van der Waals surface area contributed by atoms with Gasteiger partial charge in [0.25, 0.3) is 0 Å². The Morgan fingerprint density at radius 1 is 1.14 bits per heavy atom. The molecule has 4 heteroatoms. The van der Waals surface area contributed by atoms with Crippen molar-refractivity contribution in [1.29, 1.82) is 0 Å². The van der Waals surface area contributed by atoms with Crippen LogP contribution in [0.2, 0.25) is 0 Å². The summed E-state index contributed by atoms with van der Waals surface area (Å²) >= 11 is 0. The second-order valence-corrected chi connectivity index (χ2v) is 9.67. The molecule has 0 heterocycles. The number of benzene rings is 1. The molecule has 1 aliphatic rings. The number of aliphatic hydroxyl groups excluding tert-OH is 1. The van der Waals surface area contributed by atoms with Crippen molar-refractivity contribution in [3.63, 3.8) is 0 Å². The first-order valence-electron chi connectivity index (χ1n) is 11.4. The number of aliphatic imine (C=N–C) groups is 1. The van der Waals surface area contributed by atoms with E-state index in [0.29, 0.717) is 18.8 Å². The number of hydrogen-bond donors (Lipinski definition) is 1. The summed E-state index contributed by atoms with van der Waals surface area (Å²) in [6.07, 6.45) is 10.8. The minimum atomic E-state index is -0.704. The molecule has 1 aromatic rings. The summed E-state index contributed by atoms with van der Waals surface area (Å²) in [6, 6.07) is 8.92. The van der Waals surface area contributed by atoms with Crippen molar-refractivity contribution in [1.82, 2.24) is 0 Å². The molecule has 0 aliphatic heterocycles. The van der Waals surface area contributed by atoms with E-state index in [9.17, 15) is 10.2 Å². The van der Waals surface area contributed by atoms with E-state index < -0.39 is 17.2 Å². The van der Waals surface area contributed by atoms with Crippen molar-refractivity contribution in [2.75, 3.05) is 6.61 Å². The van der Waals surface area contributed by atoms with Gasteiger partial charge >= 0.3 is 0 Å². The van der Waals surface area contributed by atoms with Gasteiger partial charge < -0.3 is 14.9 Å². The van der Waals surface area contributed by atoms with E-state index in [2.05, 4.69) is 36.2 Å². The average Bonchev–Trinajstić information content (AvgIpc) is 3.08. The summed E-state index contributed by atoms with van der Waals surface area (Å²) < 4.78 is 5.33. The Bertz CT molecular complexity index is 632. The highest BCUT2D eigenvalue weighted by Gasteiger charge is 2.39. The molecule has 0 bridgehead atoms. The van der Waals surface area contributed by atoms with E-state index in [1.807, 2.05) is 20.8 Å². The van der Waals surface area contributed by atoms with Crippen molar-refractivity contribution in [3.05, 3.63) is 35.4 Å². The fourth-order valence-corrected chi connectivity index (χ4v) is 4.22. The molecule has 0 aromatic heterocycles. The molecule has 0 amide bonds. The van der Waals surface area contributed by atoms with Crippen molar-refractivity contribution >= 4 is 6.08 Å². The summed E-state index contributed by atoms with van der Waals surface area (Å²) in [7, 11) is 0. The first-order valence-corrected chi connectivity index (χ1v) is 11.4. The minimum absolute atomic E-state index is 0.112. The van der Waals surface area contributed by atoms with Crippen LogP contribution in [0.15, 0.2) is 29.3 Å². The minimum Gasteiger partial charge on any atom is -0.595 e. The largest absolute Gasteiger partial charge is 0.595 e. The lowest BCUT2D eigenvalue weighted by atomic mass is 9.92. The lowest BCUT2D eigenvalue weighted by molar-refractivity contribution is -0.261. The van der Waals surface area contributed by atoms with E-state index in [4.69, 9.17) is 4.74 Å². The van der Waals surface area contributed by atoms with Gasteiger partial charge in [-0.05, 0) is 49.1 Å². The summed E-state index contributed by atoms with van der Waals surface area (Å²) in [4.78, 5) is 4.26. The van der Waals surface area contributed by atoms with E-state index in [1.54, 1.807) is 0 Å². The summed E-state index contributed by atoms with van der Waals surface area (Å²) in [5.41, 5.74) is 1.41. The molecule has 164 valence electrons. The third kappa shape index (κ3) is 8.00. The SMILES string of the molecule is CCCCCCCCc1ccc([C@H]2CC[C@@](CO)(N=C([O-])OC(C)(C)C)C2)cc1. The predicted octanol–water partition coefficient (Wildman–Crippen LogP) is 5.12. The van der Waals surface area contributed by atoms with Gasteiger partial charge in [-0.2, -0.15) is 0 Å². The summed E-state index contributed by atoms with van der Waals surface area (Å²) in [5, 5.41) is 22.1. The first-order chi connectivity index (χ1) is 13.8. The van der Waals surface area contributed by atoms with Crippen molar-refractivity contribution in [2.45, 2.75) is 109 Å². The highest BCUT2D eigenvalue weighted by molar-refractivity contribution is 5.63. The van der Waals surface area contributed by atoms with Gasteiger partial charge in [0.05, 0.1) is 12.1 Å². The lowest BCUT2D eigenvalue weighted by Gasteiger charge is -2.32. The third-order valence-electron chi connectivity index (χ3n) is 5.87.